The molecule has 1 heterocycles. The summed E-state index contributed by atoms with van der Waals surface area (Å²) in [6, 6.07) is 1.89. The number of halogens is 2. The molecule has 0 fully saturated rings. The molecular formula is C14H17F2N3O2. The van der Waals surface area contributed by atoms with Crippen LogP contribution in [-0.2, 0) is 4.74 Å². The maximum atomic E-state index is 14.0. The van der Waals surface area contributed by atoms with Gasteiger partial charge < -0.3 is 15.0 Å². The monoisotopic (exact) mass is 297 g/mol. The predicted molar refractivity (Wildman–Crippen MR) is 72.4 cm³/mol. The van der Waals surface area contributed by atoms with Crippen LogP contribution in [0.3, 0.4) is 0 Å². The van der Waals surface area contributed by atoms with Crippen LogP contribution < -0.4 is 5.73 Å². The minimum absolute atomic E-state index is 0.154. The fourth-order valence-electron chi connectivity index (χ4n) is 1.77. The SMILES string of the molecule is CCCOCC(N)c1noc(-c2c(F)ccc(C)c2F)n1. The number of ether oxygens (including phenoxy) is 1. The molecule has 0 saturated carbocycles. The van der Waals surface area contributed by atoms with E-state index in [2.05, 4.69) is 10.1 Å². The van der Waals surface area contributed by atoms with E-state index in [4.69, 9.17) is 15.0 Å². The van der Waals surface area contributed by atoms with Crippen molar-refractivity contribution in [3.05, 3.63) is 35.2 Å². The van der Waals surface area contributed by atoms with Crippen LogP contribution in [0, 0.1) is 18.6 Å². The molecule has 0 spiro atoms. The molecule has 114 valence electrons. The van der Waals surface area contributed by atoms with Gasteiger partial charge in [0.1, 0.15) is 17.2 Å². The highest BCUT2D eigenvalue weighted by Gasteiger charge is 2.21. The molecule has 7 heteroatoms. The largest absolute Gasteiger partial charge is 0.379 e. The van der Waals surface area contributed by atoms with Crippen molar-refractivity contribution in [3.63, 3.8) is 0 Å². The second kappa shape index (κ2) is 6.73. The number of hydrogen-bond donors (Lipinski definition) is 1. The number of nitrogens with zero attached hydrogens (tertiary/aromatic N) is 2. The Hall–Kier alpha value is -1.86. The predicted octanol–water partition coefficient (Wildman–Crippen LogP) is 2.75. The first kappa shape index (κ1) is 15.5. The molecule has 0 bridgehead atoms. The van der Waals surface area contributed by atoms with Crippen molar-refractivity contribution in [2.24, 2.45) is 5.73 Å². The van der Waals surface area contributed by atoms with Crippen LogP contribution in [0.5, 0.6) is 0 Å². The van der Waals surface area contributed by atoms with Gasteiger partial charge in [0.05, 0.1) is 12.6 Å². The van der Waals surface area contributed by atoms with E-state index in [1.165, 1.54) is 13.0 Å². The second-order valence-electron chi connectivity index (χ2n) is 4.69. The summed E-state index contributed by atoms with van der Waals surface area (Å²) < 4.78 is 37.9. The molecule has 1 atom stereocenters. The number of aromatic nitrogens is 2. The van der Waals surface area contributed by atoms with Crippen LogP contribution in [-0.4, -0.2) is 23.4 Å². The third-order valence-corrected chi connectivity index (χ3v) is 2.92. The van der Waals surface area contributed by atoms with E-state index in [1.54, 1.807) is 0 Å². The van der Waals surface area contributed by atoms with E-state index in [0.717, 1.165) is 12.5 Å². The Kier molecular flexibility index (Phi) is 4.98. The topological polar surface area (TPSA) is 74.2 Å². The lowest BCUT2D eigenvalue weighted by atomic mass is 10.1. The molecule has 0 aliphatic rings. The summed E-state index contributed by atoms with van der Waals surface area (Å²) in [6.45, 7) is 4.28. The molecule has 0 aliphatic heterocycles. The van der Waals surface area contributed by atoms with Crippen molar-refractivity contribution >= 4 is 0 Å². The highest BCUT2D eigenvalue weighted by Crippen LogP contribution is 2.27. The molecule has 0 saturated heterocycles. The van der Waals surface area contributed by atoms with Gasteiger partial charge in [0.2, 0.25) is 0 Å². The van der Waals surface area contributed by atoms with Gasteiger partial charge in [-0.3, -0.25) is 0 Å². The van der Waals surface area contributed by atoms with Crippen LogP contribution in [0.4, 0.5) is 8.78 Å². The Morgan fingerprint density at radius 2 is 2.14 bits per heavy atom. The van der Waals surface area contributed by atoms with Gasteiger partial charge in [0.15, 0.2) is 5.82 Å². The molecule has 5 nitrogen and oxygen atoms in total. The maximum absolute atomic E-state index is 14.0. The van der Waals surface area contributed by atoms with Crippen LogP contribution in [0.15, 0.2) is 16.7 Å². The van der Waals surface area contributed by atoms with E-state index >= 15 is 0 Å². The Labute approximate surface area is 121 Å². The van der Waals surface area contributed by atoms with Crippen LogP contribution >= 0.6 is 0 Å². The molecule has 1 unspecified atom stereocenters. The average molecular weight is 297 g/mol. The first-order chi connectivity index (χ1) is 10.0. The number of benzene rings is 1. The van der Waals surface area contributed by atoms with Crippen LogP contribution in [0.25, 0.3) is 11.5 Å². The van der Waals surface area contributed by atoms with Crippen molar-refractivity contribution in [3.8, 4) is 11.5 Å². The zero-order chi connectivity index (χ0) is 15.4. The van der Waals surface area contributed by atoms with Gasteiger partial charge in [-0.25, -0.2) is 8.78 Å². The van der Waals surface area contributed by atoms with Gasteiger partial charge in [-0.2, -0.15) is 4.98 Å². The van der Waals surface area contributed by atoms with Crippen LogP contribution in [0.2, 0.25) is 0 Å². The Balaban J connectivity index is 2.22. The highest BCUT2D eigenvalue weighted by molar-refractivity contribution is 5.56. The molecule has 1 aromatic heterocycles. The maximum Gasteiger partial charge on any atom is 0.263 e. The molecule has 21 heavy (non-hydrogen) atoms. The Morgan fingerprint density at radius 3 is 2.86 bits per heavy atom. The van der Waals surface area contributed by atoms with Crippen molar-refractivity contribution < 1.29 is 18.0 Å². The molecule has 2 rings (SSSR count). The first-order valence-corrected chi connectivity index (χ1v) is 6.66. The number of rotatable bonds is 6. The van der Waals surface area contributed by atoms with Gasteiger partial charge in [0, 0.05) is 6.61 Å². The van der Waals surface area contributed by atoms with Crippen LogP contribution in [0.1, 0.15) is 30.8 Å². The van der Waals surface area contributed by atoms with E-state index in [-0.39, 0.29) is 23.9 Å². The average Bonchev–Trinajstić information content (AvgIpc) is 2.93. The number of aryl methyl sites for hydroxylation is 1. The smallest absolute Gasteiger partial charge is 0.263 e. The van der Waals surface area contributed by atoms with Gasteiger partial charge in [-0.1, -0.05) is 18.1 Å². The summed E-state index contributed by atoms with van der Waals surface area (Å²) >= 11 is 0. The summed E-state index contributed by atoms with van der Waals surface area (Å²) in [7, 11) is 0. The van der Waals surface area contributed by atoms with E-state index in [9.17, 15) is 8.78 Å². The third kappa shape index (κ3) is 3.43. The third-order valence-electron chi connectivity index (χ3n) is 2.92. The van der Waals surface area contributed by atoms with E-state index < -0.39 is 17.7 Å². The minimum atomic E-state index is -0.760. The normalized spacial score (nSPS) is 12.6. The summed E-state index contributed by atoms with van der Waals surface area (Å²) in [5.41, 5.74) is 5.79. The molecule has 1 aromatic carbocycles. The van der Waals surface area contributed by atoms with Crippen molar-refractivity contribution in [1.29, 1.82) is 0 Å². The fraction of sp³-hybridized carbons (Fsp3) is 0.429. The minimum Gasteiger partial charge on any atom is -0.379 e. The first-order valence-electron chi connectivity index (χ1n) is 6.66. The fourth-order valence-corrected chi connectivity index (χ4v) is 1.77. The van der Waals surface area contributed by atoms with Crippen molar-refractivity contribution in [2.75, 3.05) is 13.2 Å². The molecule has 2 N–H and O–H groups in total. The lowest BCUT2D eigenvalue weighted by Gasteiger charge is -2.06. The molecular weight excluding hydrogens is 280 g/mol. The lowest BCUT2D eigenvalue weighted by Crippen LogP contribution is -2.18. The summed E-state index contributed by atoms with van der Waals surface area (Å²) in [5.74, 6) is -1.55. The number of nitrogens with two attached hydrogens (primary N) is 1. The number of hydrogen-bond acceptors (Lipinski definition) is 5. The van der Waals surface area contributed by atoms with Gasteiger partial charge in [-0.15, -0.1) is 0 Å². The summed E-state index contributed by atoms with van der Waals surface area (Å²) in [6.07, 6.45) is 0.865. The summed E-state index contributed by atoms with van der Waals surface area (Å²) in [5, 5.41) is 3.66. The standard InChI is InChI=1S/C14H17F2N3O2/c1-3-6-20-7-10(17)13-18-14(21-19-13)11-9(15)5-4-8(2)12(11)16/h4-5,10H,3,6-7,17H2,1-2H3. The van der Waals surface area contributed by atoms with E-state index in [0.29, 0.717) is 12.2 Å². The van der Waals surface area contributed by atoms with Crippen molar-refractivity contribution in [1.82, 2.24) is 10.1 Å². The molecule has 0 aliphatic carbocycles. The Bertz CT molecular complexity index is 616. The van der Waals surface area contributed by atoms with Gasteiger partial charge in [0.25, 0.3) is 5.89 Å². The van der Waals surface area contributed by atoms with E-state index in [1.807, 2.05) is 6.92 Å². The zero-order valence-electron chi connectivity index (χ0n) is 11.9. The van der Waals surface area contributed by atoms with Gasteiger partial charge >= 0.3 is 0 Å². The quantitative estimate of drug-likeness (QED) is 0.830. The lowest BCUT2D eigenvalue weighted by molar-refractivity contribution is 0.119. The second-order valence-corrected chi connectivity index (χ2v) is 4.69. The van der Waals surface area contributed by atoms with Crippen molar-refractivity contribution in [2.45, 2.75) is 26.3 Å². The van der Waals surface area contributed by atoms with Gasteiger partial charge in [-0.05, 0) is 25.0 Å². The Morgan fingerprint density at radius 1 is 1.38 bits per heavy atom. The molecule has 2 aromatic rings. The summed E-state index contributed by atoms with van der Waals surface area (Å²) in [4.78, 5) is 3.96. The molecule has 0 radical (unpaired) electrons. The molecule has 0 amide bonds. The zero-order valence-corrected chi connectivity index (χ0v) is 11.9. The highest BCUT2D eigenvalue weighted by atomic mass is 19.1.